The topological polar surface area (TPSA) is 29.9 Å². The van der Waals surface area contributed by atoms with Gasteiger partial charge in [0.15, 0.2) is 0 Å². The zero-order valence-corrected chi connectivity index (χ0v) is 12.3. The second-order valence-electron chi connectivity index (χ2n) is 4.86. The van der Waals surface area contributed by atoms with Crippen molar-refractivity contribution < 1.29 is 0 Å². The maximum Gasteiger partial charge on any atom is 0.203 e. The average Bonchev–Trinajstić information content (AvgIpc) is 2.86. The summed E-state index contributed by atoms with van der Waals surface area (Å²) >= 11 is 1.83. The van der Waals surface area contributed by atoms with Crippen LogP contribution in [0.3, 0.4) is 0 Å². The fourth-order valence-corrected chi connectivity index (χ4v) is 2.99. The third kappa shape index (κ3) is 2.93. The van der Waals surface area contributed by atoms with Crippen LogP contribution >= 0.6 is 11.3 Å². The predicted octanol–water partition coefficient (Wildman–Crippen LogP) is 3.68. The Hall–Kier alpha value is -1.29. The van der Waals surface area contributed by atoms with Gasteiger partial charge in [-0.2, -0.15) is 0 Å². The Kier molecular flexibility index (Phi) is 4.07. The summed E-state index contributed by atoms with van der Waals surface area (Å²) < 4.78 is 2.21. The number of anilines is 1. The van der Waals surface area contributed by atoms with Crippen molar-refractivity contribution >= 4 is 17.3 Å². The molecule has 1 N–H and O–H groups in total. The molecule has 0 unspecified atom stereocenters. The lowest BCUT2D eigenvalue weighted by Gasteiger charge is -2.12. The van der Waals surface area contributed by atoms with Crippen molar-refractivity contribution in [3.05, 3.63) is 33.8 Å². The van der Waals surface area contributed by atoms with Crippen molar-refractivity contribution in [2.75, 3.05) is 5.32 Å². The third-order valence-electron chi connectivity index (χ3n) is 2.85. The molecule has 2 aromatic rings. The number of rotatable bonds is 5. The van der Waals surface area contributed by atoms with E-state index in [0.717, 1.165) is 24.6 Å². The van der Waals surface area contributed by atoms with Crippen LogP contribution in [-0.4, -0.2) is 15.6 Å². The highest BCUT2D eigenvalue weighted by Crippen LogP contribution is 2.21. The van der Waals surface area contributed by atoms with Crippen molar-refractivity contribution in [1.82, 2.24) is 9.55 Å². The monoisotopic (exact) mass is 263 g/mol. The normalized spacial score (nSPS) is 11.2. The quantitative estimate of drug-likeness (QED) is 0.891. The first-order chi connectivity index (χ1) is 8.60. The molecule has 0 spiro atoms. The second kappa shape index (κ2) is 5.57. The van der Waals surface area contributed by atoms with Gasteiger partial charge in [-0.3, -0.25) is 0 Å². The van der Waals surface area contributed by atoms with E-state index in [0.29, 0.717) is 6.04 Å². The van der Waals surface area contributed by atoms with Crippen LogP contribution in [0.1, 0.15) is 36.9 Å². The first-order valence-electron chi connectivity index (χ1n) is 6.45. The zero-order valence-electron chi connectivity index (χ0n) is 11.5. The molecule has 0 aliphatic heterocycles. The Morgan fingerprint density at radius 2 is 2.22 bits per heavy atom. The SMILES string of the molecule is CCc1ccsc1Cn1cc(C)nc1NC(C)C. The maximum atomic E-state index is 4.54. The van der Waals surface area contributed by atoms with Crippen LogP contribution in [0.5, 0.6) is 0 Å². The molecule has 18 heavy (non-hydrogen) atoms. The van der Waals surface area contributed by atoms with E-state index in [9.17, 15) is 0 Å². The van der Waals surface area contributed by atoms with Crippen molar-refractivity contribution in [2.45, 2.75) is 46.7 Å². The molecule has 98 valence electrons. The minimum Gasteiger partial charge on any atom is -0.353 e. The van der Waals surface area contributed by atoms with Crippen LogP contribution in [0, 0.1) is 6.92 Å². The number of imidazole rings is 1. The number of nitrogens with one attached hydrogen (secondary N) is 1. The van der Waals surface area contributed by atoms with Gasteiger partial charge in [-0.15, -0.1) is 11.3 Å². The molecule has 0 fully saturated rings. The van der Waals surface area contributed by atoms with Gasteiger partial charge in [-0.25, -0.2) is 4.98 Å². The molecule has 2 aromatic heterocycles. The zero-order chi connectivity index (χ0) is 13.1. The Labute approximate surface area is 113 Å². The van der Waals surface area contributed by atoms with Crippen LogP contribution < -0.4 is 5.32 Å². The maximum absolute atomic E-state index is 4.54. The molecule has 0 aliphatic carbocycles. The highest BCUT2D eigenvalue weighted by Gasteiger charge is 2.09. The number of hydrogen-bond donors (Lipinski definition) is 1. The second-order valence-corrected chi connectivity index (χ2v) is 5.86. The van der Waals surface area contributed by atoms with Crippen LogP contribution in [0.15, 0.2) is 17.6 Å². The molecule has 0 saturated carbocycles. The van der Waals surface area contributed by atoms with Crippen LogP contribution in [-0.2, 0) is 13.0 Å². The molecule has 0 radical (unpaired) electrons. The van der Waals surface area contributed by atoms with Gasteiger partial charge in [0.2, 0.25) is 5.95 Å². The Morgan fingerprint density at radius 1 is 1.44 bits per heavy atom. The first-order valence-corrected chi connectivity index (χ1v) is 7.33. The van der Waals surface area contributed by atoms with Gasteiger partial charge in [0.05, 0.1) is 12.2 Å². The summed E-state index contributed by atoms with van der Waals surface area (Å²) in [7, 11) is 0. The van der Waals surface area contributed by atoms with E-state index in [1.165, 1.54) is 10.4 Å². The van der Waals surface area contributed by atoms with Crippen LogP contribution in [0.2, 0.25) is 0 Å². The molecule has 0 aliphatic rings. The van der Waals surface area contributed by atoms with E-state index in [1.807, 2.05) is 18.3 Å². The molecule has 2 heterocycles. The summed E-state index contributed by atoms with van der Waals surface area (Å²) in [6, 6.07) is 2.62. The Bertz CT molecular complexity index is 511. The summed E-state index contributed by atoms with van der Waals surface area (Å²) in [5.74, 6) is 0.970. The number of hydrogen-bond acceptors (Lipinski definition) is 3. The minimum absolute atomic E-state index is 0.402. The smallest absolute Gasteiger partial charge is 0.203 e. The van der Waals surface area contributed by atoms with Gasteiger partial charge in [0, 0.05) is 17.1 Å². The van der Waals surface area contributed by atoms with Crippen LogP contribution in [0.25, 0.3) is 0 Å². The van der Waals surface area contributed by atoms with Crippen molar-refractivity contribution in [3.63, 3.8) is 0 Å². The Morgan fingerprint density at radius 3 is 2.89 bits per heavy atom. The van der Waals surface area contributed by atoms with Gasteiger partial charge in [0.25, 0.3) is 0 Å². The van der Waals surface area contributed by atoms with Gasteiger partial charge >= 0.3 is 0 Å². The Balaban J connectivity index is 2.23. The van der Waals surface area contributed by atoms with E-state index in [-0.39, 0.29) is 0 Å². The lowest BCUT2D eigenvalue weighted by Crippen LogP contribution is -2.15. The largest absolute Gasteiger partial charge is 0.353 e. The van der Waals surface area contributed by atoms with E-state index in [2.05, 4.69) is 53.3 Å². The summed E-state index contributed by atoms with van der Waals surface area (Å²) in [6.07, 6.45) is 3.21. The fraction of sp³-hybridized carbons (Fsp3) is 0.500. The molecule has 0 atom stereocenters. The number of aryl methyl sites for hydroxylation is 2. The van der Waals surface area contributed by atoms with Crippen LogP contribution in [0.4, 0.5) is 5.95 Å². The summed E-state index contributed by atoms with van der Waals surface area (Å²) in [4.78, 5) is 5.98. The molecule has 4 heteroatoms. The standard InChI is InChI=1S/C14H21N3S/c1-5-12-6-7-18-13(12)9-17-8-11(4)16-14(17)15-10(2)3/h6-8,10H,5,9H2,1-4H3,(H,15,16). The molecule has 3 nitrogen and oxygen atoms in total. The molecular formula is C14H21N3S. The van der Waals surface area contributed by atoms with Gasteiger partial charge in [-0.05, 0) is 44.2 Å². The third-order valence-corrected chi connectivity index (χ3v) is 3.80. The minimum atomic E-state index is 0.402. The fourth-order valence-electron chi connectivity index (χ4n) is 2.02. The first kappa shape index (κ1) is 13.1. The highest BCUT2D eigenvalue weighted by atomic mass is 32.1. The van der Waals surface area contributed by atoms with Crippen molar-refractivity contribution in [2.24, 2.45) is 0 Å². The van der Waals surface area contributed by atoms with Crippen molar-refractivity contribution in [3.8, 4) is 0 Å². The van der Waals surface area contributed by atoms with E-state index >= 15 is 0 Å². The molecule has 0 aromatic carbocycles. The highest BCUT2D eigenvalue weighted by molar-refractivity contribution is 7.10. The molecule has 0 saturated heterocycles. The lowest BCUT2D eigenvalue weighted by atomic mass is 10.2. The molecule has 2 rings (SSSR count). The summed E-state index contributed by atoms with van der Waals surface area (Å²) in [5, 5.41) is 5.57. The average molecular weight is 263 g/mol. The van der Waals surface area contributed by atoms with Gasteiger partial charge in [-0.1, -0.05) is 6.92 Å². The summed E-state index contributed by atoms with van der Waals surface area (Å²) in [5.41, 5.74) is 2.51. The van der Waals surface area contributed by atoms with E-state index in [1.54, 1.807) is 0 Å². The molecule has 0 bridgehead atoms. The number of nitrogens with zero attached hydrogens (tertiary/aromatic N) is 2. The molecular weight excluding hydrogens is 242 g/mol. The number of aromatic nitrogens is 2. The van der Waals surface area contributed by atoms with Crippen molar-refractivity contribution in [1.29, 1.82) is 0 Å². The number of thiophene rings is 1. The summed E-state index contributed by atoms with van der Waals surface area (Å²) in [6.45, 7) is 9.43. The van der Waals surface area contributed by atoms with E-state index in [4.69, 9.17) is 0 Å². The lowest BCUT2D eigenvalue weighted by molar-refractivity contribution is 0.776. The van der Waals surface area contributed by atoms with Gasteiger partial charge in [0.1, 0.15) is 0 Å². The predicted molar refractivity (Wildman–Crippen MR) is 78.5 cm³/mol. The van der Waals surface area contributed by atoms with E-state index < -0.39 is 0 Å². The molecule has 0 amide bonds. The van der Waals surface area contributed by atoms with Gasteiger partial charge < -0.3 is 9.88 Å².